The predicted octanol–water partition coefficient (Wildman–Crippen LogP) is 0.787. The summed E-state index contributed by atoms with van der Waals surface area (Å²) in [5, 5.41) is 1.17. The Morgan fingerprint density at radius 3 is 2.88 bits per heavy atom. The second-order valence-electron chi connectivity index (χ2n) is 4.14. The zero-order chi connectivity index (χ0) is 12.1. The van der Waals surface area contributed by atoms with Gasteiger partial charge in [-0.25, -0.2) is 0 Å². The summed E-state index contributed by atoms with van der Waals surface area (Å²) in [7, 11) is 0. The number of rotatable bonds is 4. The number of ether oxygens (including phenoxy) is 1. The van der Waals surface area contributed by atoms with Crippen LogP contribution in [0.2, 0.25) is 0 Å². The molecule has 0 saturated carbocycles. The molecule has 0 atom stereocenters. The van der Waals surface area contributed by atoms with Gasteiger partial charge in [0.25, 0.3) is 0 Å². The van der Waals surface area contributed by atoms with Crippen LogP contribution in [0.5, 0.6) is 0 Å². The molecule has 2 rings (SSSR count). The van der Waals surface area contributed by atoms with E-state index in [0.717, 1.165) is 26.3 Å². The van der Waals surface area contributed by atoms with Gasteiger partial charge in [0.05, 0.1) is 0 Å². The van der Waals surface area contributed by atoms with Gasteiger partial charge < -0.3 is 0 Å². The van der Waals surface area contributed by atoms with Crippen molar-refractivity contribution in [2.24, 2.45) is 0 Å². The van der Waals surface area contributed by atoms with Crippen LogP contribution in [-0.2, 0) is 10.1 Å². The van der Waals surface area contributed by atoms with Crippen LogP contribution in [0.25, 0.3) is 0 Å². The van der Waals surface area contributed by atoms with Gasteiger partial charge in [-0.3, -0.25) is 0 Å². The van der Waals surface area contributed by atoms with Gasteiger partial charge in [-0.2, -0.15) is 0 Å². The molecule has 1 fully saturated rings. The van der Waals surface area contributed by atoms with Gasteiger partial charge in [0.15, 0.2) is 0 Å². The van der Waals surface area contributed by atoms with Gasteiger partial charge in [-0.05, 0) is 0 Å². The summed E-state index contributed by atoms with van der Waals surface area (Å²) in [6.45, 7) is 5.97. The van der Waals surface area contributed by atoms with E-state index in [-0.39, 0.29) is 0 Å². The van der Waals surface area contributed by atoms with Gasteiger partial charge in [0.1, 0.15) is 0 Å². The maximum absolute atomic E-state index is 5.37. The van der Waals surface area contributed by atoms with Crippen LogP contribution >= 0.6 is 0 Å². The topological polar surface area (TPSA) is 12.5 Å². The number of hydrogen-bond donors (Lipinski definition) is 0. The Morgan fingerprint density at radius 2 is 2.18 bits per heavy atom. The fourth-order valence-electron chi connectivity index (χ4n) is 1.78. The molecule has 0 radical (unpaired) electrons. The molecule has 17 heavy (non-hydrogen) atoms. The predicted molar refractivity (Wildman–Crippen MR) is 73.8 cm³/mol. The first-order valence-electron chi connectivity index (χ1n) is 5.81. The minimum atomic E-state index is 0.519. The molecule has 1 aliphatic rings. The number of morpholine rings is 1. The van der Waals surface area contributed by atoms with Gasteiger partial charge in [-0.15, -0.1) is 0 Å². The second-order valence-corrected chi connectivity index (χ2v) is 8.29. The van der Waals surface area contributed by atoms with Crippen LogP contribution in [0.4, 0.5) is 0 Å². The van der Waals surface area contributed by atoms with Crippen molar-refractivity contribution in [3.8, 4) is 0 Å². The van der Waals surface area contributed by atoms with Crippen molar-refractivity contribution in [2.75, 3.05) is 26.3 Å². The van der Waals surface area contributed by atoms with E-state index in [1.54, 1.807) is 0 Å². The minimum absolute atomic E-state index is 0.519. The summed E-state index contributed by atoms with van der Waals surface area (Å²) in [4.78, 5) is 2.43. The van der Waals surface area contributed by atoms with Crippen LogP contribution in [0.1, 0.15) is 11.1 Å². The van der Waals surface area contributed by atoms with Crippen molar-refractivity contribution in [3.05, 3.63) is 35.4 Å². The van der Waals surface area contributed by atoms with Crippen molar-refractivity contribution in [3.63, 3.8) is 0 Å². The quantitative estimate of drug-likeness (QED) is 0.736. The Bertz CT molecular complexity index is 389. The summed E-state index contributed by atoms with van der Waals surface area (Å²) in [6, 6.07) is 8.81. The third-order valence-corrected chi connectivity index (χ3v) is 6.60. The van der Waals surface area contributed by atoms with E-state index in [0.29, 0.717) is 15.0 Å². The molecule has 92 valence electrons. The summed E-state index contributed by atoms with van der Waals surface area (Å²) < 4.78 is 6.80. The monoisotopic (exact) mass is 363 g/mol. The summed E-state index contributed by atoms with van der Waals surface area (Å²) in [6.07, 6.45) is 0. The summed E-state index contributed by atoms with van der Waals surface area (Å²) in [5.41, 5.74) is 2.80. The first-order valence-corrected chi connectivity index (χ1v) is 8.73. The Morgan fingerprint density at radius 1 is 1.41 bits per heavy atom. The zero-order valence-electron chi connectivity index (χ0n) is 10.0. The van der Waals surface area contributed by atoms with Crippen LogP contribution in [0, 0.1) is 6.92 Å². The SMILES string of the molecule is Cc1cccc(C[Se]C(=[Se])N2CCOCC2)c1. The standard InChI is InChI=1S/C13H17NOSe2/c1-11-3-2-4-12(9-11)10-17-13(16)14-5-7-15-8-6-14/h2-4,9H,5-8,10H2,1H3. The average molecular weight is 361 g/mol. The Kier molecular flexibility index (Phi) is 5.27. The first kappa shape index (κ1) is 13.3. The Balaban J connectivity index is 1.83. The third-order valence-electron chi connectivity index (χ3n) is 2.71. The molecule has 0 aromatic heterocycles. The van der Waals surface area contributed by atoms with Crippen molar-refractivity contribution in [2.45, 2.75) is 12.2 Å². The molecule has 1 aliphatic heterocycles. The molecule has 1 saturated heterocycles. The second kappa shape index (κ2) is 6.72. The fourth-order valence-corrected chi connectivity index (χ4v) is 4.56. The summed E-state index contributed by atoms with van der Waals surface area (Å²) in [5.74, 6) is 0. The Labute approximate surface area is 117 Å². The molecule has 1 aromatic carbocycles. The molecule has 0 unspecified atom stereocenters. The Hall–Kier alpha value is -0.111. The molecule has 1 aromatic rings. The van der Waals surface area contributed by atoms with Crippen molar-refractivity contribution < 1.29 is 4.74 Å². The number of nitrogens with zero attached hydrogens (tertiary/aromatic N) is 1. The molecule has 0 N–H and O–H groups in total. The first-order chi connectivity index (χ1) is 8.25. The van der Waals surface area contributed by atoms with E-state index >= 15 is 0 Å². The molecular weight excluding hydrogens is 344 g/mol. The number of hydrogen-bond acceptors (Lipinski definition) is 2. The third kappa shape index (κ3) is 4.24. The molecule has 0 spiro atoms. The zero-order valence-corrected chi connectivity index (χ0v) is 13.4. The molecule has 0 amide bonds. The molecule has 4 heteroatoms. The van der Waals surface area contributed by atoms with E-state index in [4.69, 9.17) is 4.74 Å². The van der Waals surface area contributed by atoms with Gasteiger partial charge in [-0.1, -0.05) is 0 Å². The van der Waals surface area contributed by atoms with Crippen molar-refractivity contribution in [1.29, 1.82) is 0 Å². The maximum atomic E-state index is 5.37. The van der Waals surface area contributed by atoms with Crippen molar-refractivity contribution in [1.82, 2.24) is 4.90 Å². The van der Waals surface area contributed by atoms with Gasteiger partial charge in [0.2, 0.25) is 0 Å². The van der Waals surface area contributed by atoms with Crippen LogP contribution in [0.15, 0.2) is 24.3 Å². The van der Waals surface area contributed by atoms with Crippen LogP contribution in [0.3, 0.4) is 0 Å². The van der Waals surface area contributed by atoms with Crippen molar-refractivity contribution >= 4 is 34.0 Å². The van der Waals surface area contributed by atoms with E-state index in [1.807, 2.05) is 0 Å². The molecule has 2 nitrogen and oxygen atoms in total. The molecular formula is C13H17NOSe2. The molecule has 0 bridgehead atoms. The summed E-state index contributed by atoms with van der Waals surface area (Å²) >= 11 is 3.77. The van der Waals surface area contributed by atoms with Gasteiger partial charge >= 0.3 is 118 Å². The average Bonchev–Trinajstić information content (AvgIpc) is 2.37. The normalized spacial score (nSPS) is 15.9. The van der Waals surface area contributed by atoms with Gasteiger partial charge in [0, 0.05) is 0 Å². The molecule has 1 heterocycles. The van der Waals surface area contributed by atoms with E-state index in [2.05, 4.69) is 51.7 Å². The van der Waals surface area contributed by atoms with Crippen LogP contribution in [-0.4, -0.2) is 65.2 Å². The van der Waals surface area contributed by atoms with E-state index in [9.17, 15) is 0 Å². The fraction of sp³-hybridized carbons (Fsp3) is 0.462. The molecule has 0 aliphatic carbocycles. The van der Waals surface area contributed by atoms with E-state index in [1.165, 1.54) is 19.9 Å². The number of aryl methyl sites for hydroxylation is 1. The number of benzene rings is 1. The van der Waals surface area contributed by atoms with E-state index < -0.39 is 0 Å². The van der Waals surface area contributed by atoms with Crippen LogP contribution < -0.4 is 0 Å².